The lowest BCUT2D eigenvalue weighted by molar-refractivity contribution is -0.672. The number of hydrogen-bond acceptors (Lipinski definition) is 2. The summed E-state index contributed by atoms with van der Waals surface area (Å²) in [7, 11) is -2.61. The molecule has 0 aliphatic heterocycles. The standard InChI is InChI=1S/C25H35N2S2Si2/c1-30(2,3)19-9-15-26-21-27(23-12-6-5-11-22(23)26)16-10-20-31(4,24-13-7-17-28-24)25-14-8-18-29-25/h5-8,11-14,17-18,21H,9-10,15-16,19-20H2,1-4H3/q+1. The van der Waals surface area contributed by atoms with Gasteiger partial charge in [-0.25, -0.2) is 9.13 Å². The first-order valence-corrected chi connectivity index (χ1v) is 19.6. The lowest BCUT2D eigenvalue weighted by Gasteiger charge is -2.24. The van der Waals surface area contributed by atoms with E-state index in [0.29, 0.717) is 0 Å². The van der Waals surface area contributed by atoms with Crippen LogP contribution in [0.5, 0.6) is 0 Å². The van der Waals surface area contributed by atoms with E-state index in [1.165, 1.54) is 36.0 Å². The van der Waals surface area contributed by atoms with Crippen molar-refractivity contribution in [3.05, 3.63) is 65.6 Å². The van der Waals surface area contributed by atoms with Gasteiger partial charge in [-0.05, 0) is 50.8 Å². The number of fused-ring (bicyclic) bond motifs is 1. The number of imidazole rings is 1. The van der Waals surface area contributed by atoms with Crippen LogP contribution in [0, 0.1) is 0 Å². The van der Waals surface area contributed by atoms with E-state index >= 15 is 0 Å². The molecule has 164 valence electrons. The van der Waals surface area contributed by atoms with Crippen LogP contribution in [0.4, 0.5) is 0 Å². The third-order valence-corrected chi connectivity index (χ3v) is 16.8. The molecule has 6 heteroatoms. The molecule has 0 atom stereocenters. The molecule has 0 unspecified atom stereocenters. The van der Waals surface area contributed by atoms with Crippen molar-refractivity contribution in [3.8, 4) is 0 Å². The fourth-order valence-electron chi connectivity index (χ4n) is 4.53. The molecule has 0 saturated carbocycles. The molecule has 4 rings (SSSR count). The molecule has 31 heavy (non-hydrogen) atoms. The normalized spacial score (nSPS) is 12.6. The van der Waals surface area contributed by atoms with Crippen LogP contribution in [0.3, 0.4) is 0 Å². The van der Waals surface area contributed by atoms with Gasteiger partial charge in [-0.3, -0.25) is 0 Å². The van der Waals surface area contributed by atoms with Crippen molar-refractivity contribution in [1.82, 2.24) is 4.57 Å². The smallest absolute Gasteiger partial charge is 0.230 e. The Balaban J connectivity index is 1.50. The molecular weight excluding hydrogens is 449 g/mol. The molecule has 0 amide bonds. The van der Waals surface area contributed by atoms with Crippen LogP contribution in [0.15, 0.2) is 65.6 Å². The number of hydrogen-bond donors (Lipinski definition) is 0. The van der Waals surface area contributed by atoms with Crippen LogP contribution in [0.25, 0.3) is 11.0 Å². The molecule has 0 N–H and O–H groups in total. The topological polar surface area (TPSA) is 8.81 Å². The van der Waals surface area contributed by atoms with E-state index in [1.807, 2.05) is 22.7 Å². The predicted octanol–water partition coefficient (Wildman–Crippen LogP) is 6.06. The second kappa shape index (κ2) is 9.57. The maximum Gasteiger partial charge on any atom is 0.244 e. The van der Waals surface area contributed by atoms with Gasteiger partial charge in [0.25, 0.3) is 0 Å². The summed E-state index contributed by atoms with van der Waals surface area (Å²) < 4.78 is 8.23. The van der Waals surface area contributed by atoms with Gasteiger partial charge in [-0.1, -0.05) is 68.6 Å². The van der Waals surface area contributed by atoms with Crippen molar-refractivity contribution < 1.29 is 4.57 Å². The monoisotopic (exact) mass is 483 g/mol. The van der Waals surface area contributed by atoms with Crippen LogP contribution in [0.2, 0.25) is 38.3 Å². The van der Waals surface area contributed by atoms with E-state index in [2.05, 4.69) is 101 Å². The second-order valence-electron chi connectivity index (χ2n) is 10.0. The zero-order valence-electron chi connectivity index (χ0n) is 19.3. The summed E-state index contributed by atoms with van der Waals surface area (Å²) in [5.41, 5.74) is 2.76. The largest absolute Gasteiger partial charge is 0.244 e. The summed E-state index contributed by atoms with van der Waals surface area (Å²) in [5.74, 6) is 0. The quantitative estimate of drug-likeness (QED) is 0.191. The average Bonchev–Trinajstić information content (AvgIpc) is 3.49. The van der Waals surface area contributed by atoms with Gasteiger partial charge in [0, 0.05) is 8.07 Å². The van der Waals surface area contributed by atoms with Crippen LogP contribution in [0.1, 0.15) is 12.8 Å². The molecule has 3 aromatic heterocycles. The number of para-hydroxylation sites is 2. The fourth-order valence-corrected chi connectivity index (χ4v) is 13.2. The first-order valence-electron chi connectivity index (χ1n) is 11.4. The molecule has 0 fully saturated rings. The van der Waals surface area contributed by atoms with Crippen molar-refractivity contribution in [2.45, 2.75) is 64.2 Å². The zero-order chi connectivity index (χ0) is 21.9. The molecule has 3 heterocycles. The van der Waals surface area contributed by atoms with Crippen molar-refractivity contribution in [2.24, 2.45) is 0 Å². The molecule has 0 radical (unpaired) electrons. The van der Waals surface area contributed by atoms with Gasteiger partial charge >= 0.3 is 0 Å². The van der Waals surface area contributed by atoms with Crippen LogP contribution < -0.4 is 13.6 Å². The van der Waals surface area contributed by atoms with Gasteiger partial charge in [-0.15, -0.1) is 0 Å². The van der Waals surface area contributed by atoms with E-state index in [0.717, 1.165) is 13.1 Å². The van der Waals surface area contributed by atoms with Crippen LogP contribution >= 0.6 is 22.7 Å². The van der Waals surface area contributed by atoms with Crippen LogP contribution in [-0.4, -0.2) is 20.7 Å². The Bertz CT molecular complexity index is 1060. The zero-order valence-corrected chi connectivity index (χ0v) is 22.9. The van der Waals surface area contributed by atoms with Gasteiger partial charge in [0.1, 0.15) is 8.07 Å². The van der Waals surface area contributed by atoms with Gasteiger partial charge in [-0.2, -0.15) is 22.7 Å². The highest BCUT2D eigenvalue weighted by Crippen LogP contribution is 2.20. The van der Waals surface area contributed by atoms with E-state index in [4.69, 9.17) is 0 Å². The highest BCUT2D eigenvalue weighted by molar-refractivity contribution is 7.35. The third kappa shape index (κ3) is 5.30. The number of aromatic nitrogens is 2. The summed E-state index contributed by atoms with van der Waals surface area (Å²) in [5, 5.41) is 4.49. The Morgan fingerprint density at radius 3 is 2.10 bits per heavy atom. The minimum absolute atomic E-state index is 0.980. The molecule has 0 aliphatic carbocycles. The lowest BCUT2D eigenvalue weighted by atomic mass is 10.3. The van der Waals surface area contributed by atoms with Crippen molar-refractivity contribution in [2.75, 3.05) is 0 Å². The van der Waals surface area contributed by atoms with Gasteiger partial charge in [0.15, 0.2) is 11.0 Å². The molecule has 0 bridgehead atoms. The van der Waals surface area contributed by atoms with Crippen molar-refractivity contribution >= 4 is 58.9 Å². The maximum absolute atomic E-state index is 2.56. The SMILES string of the molecule is C[Si](C)(C)CCC[n+]1cn(CCC[Si](C)(c2cccs2)c2cccs2)c2ccccc21. The Morgan fingerprint density at radius 1 is 0.806 bits per heavy atom. The van der Waals surface area contributed by atoms with Gasteiger partial charge < -0.3 is 0 Å². The van der Waals surface area contributed by atoms with E-state index < -0.39 is 16.1 Å². The Kier molecular flexibility index (Phi) is 7.01. The van der Waals surface area contributed by atoms with E-state index in [9.17, 15) is 0 Å². The number of nitrogens with zero attached hydrogens (tertiary/aromatic N) is 2. The molecule has 4 aromatic rings. The highest BCUT2D eigenvalue weighted by Gasteiger charge is 2.34. The molecule has 1 aromatic carbocycles. The van der Waals surface area contributed by atoms with Crippen molar-refractivity contribution in [3.63, 3.8) is 0 Å². The molecule has 0 aliphatic rings. The lowest BCUT2D eigenvalue weighted by Crippen LogP contribution is -2.53. The molecule has 0 spiro atoms. The average molecular weight is 484 g/mol. The van der Waals surface area contributed by atoms with Gasteiger partial charge in [0.2, 0.25) is 6.33 Å². The van der Waals surface area contributed by atoms with Gasteiger partial charge in [0.05, 0.1) is 13.1 Å². The molecular formula is C25H35N2S2Si2+. The van der Waals surface area contributed by atoms with E-state index in [-0.39, 0.29) is 0 Å². The van der Waals surface area contributed by atoms with E-state index in [1.54, 1.807) is 9.00 Å². The molecule has 0 saturated heterocycles. The Morgan fingerprint density at radius 2 is 1.48 bits per heavy atom. The summed E-state index contributed by atoms with van der Waals surface area (Å²) in [4.78, 5) is 0. The predicted molar refractivity (Wildman–Crippen MR) is 144 cm³/mol. The summed E-state index contributed by atoms with van der Waals surface area (Å²) >= 11 is 3.91. The molecule has 2 nitrogen and oxygen atoms in total. The summed E-state index contributed by atoms with van der Waals surface area (Å²) in [6.45, 7) is 12.2. The minimum atomic E-state index is -1.63. The summed E-state index contributed by atoms with van der Waals surface area (Å²) in [6.07, 6.45) is 4.90. The summed E-state index contributed by atoms with van der Waals surface area (Å²) in [6, 6.07) is 20.8. The highest BCUT2D eigenvalue weighted by atomic mass is 32.1. The number of thiophene rings is 2. The van der Waals surface area contributed by atoms with Crippen molar-refractivity contribution in [1.29, 1.82) is 0 Å². The number of rotatable bonds is 10. The fraction of sp³-hybridized carbons (Fsp3) is 0.400. The minimum Gasteiger partial charge on any atom is -0.230 e. The van der Waals surface area contributed by atoms with Crippen LogP contribution in [-0.2, 0) is 13.1 Å². The third-order valence-electron chi connectivity index (χ3n) is 6.31. The second-order valence-corrected chi connectivity index (χ2v) is 22.5. The maximum atomic E-state index is 2.56. The first-order chi connectivity index (χ1) is 14.9. The first kappa shape index (κ1) is 22.7. The Hall–Kier alpha value is -1.48. The number of aryl methyl sites for hydroxylation is 2. The Labute approximate surface area is 197 Å². The number of benzene rings is 1.